The molecule has 3 heteroatoms. The molecule has 0 unspecified atom stereocenters. The molecule has 0 bridgehead atoms. The highest BCUT2D eigenvalue weighted by Gasteiger charge is 2.24. The molecule has 122 valence electrons. The zero-order valence-corrected chi connectivity index (χ0v) is 14.0. The van der Waals surface area contributed by atoms with E-state index in [2.05, 4.69) is 52.7 Å². The Hall–Kier alpha value is -1.68. The summed E-state index contributed by atoms with van der Waals surface area (Å²) in [6.07, 6.45) is 0. The molecule has 0 amide bonds. The summed E-state index contributed by atoms with van der Waals surface area (Å²) < 4.78 is 0. The van der Waals surface area contributed by atoms with Crippen LogP contribution in [-0.4, -0.2) is 36.2 Å². The van der Waals surface area contributed by atoms with E-state index in [4.69, 9.17) is 0 Å². The van der Waals surface area contributed by atoms with Gasteiger partial charge < -0.3 is 10.4 Å². The number of rotatable bonds is 4. The predicted octanol–water partition coefficient (Wildman–Crippen LogP) is 2.91. The monoisotopic (exact) mass is 310 g/mol. The van der Waals surface area contributed by atoms with Gasteiger partial charge in [0.15, 0.2) is 0 Å². The largest absolute Gasteiger partial charge is 0.386 e. The van der Waals surface area contributed by atoms with Gasteiger partial charge in [0.25, 0.3) is 0 Å². The van der Waals surface area contributed by atoms with E-state index < -0.39 is 5.60 Å². The van der Waals surface area contributed by atoms with Crippen LogP contribution in [0.3, 0.4) is 0 Å². The van der Waals surface area contributed by atoms with Gasteiger partial charge in [0, 0.05) is 26.2 Å². The molecule has 1 saturated heterocycles. The number of nitrogens with zero attached hydrogens (tertiary/aromatic N) is 1. The van der Waals surface area contributed by atoms with E-state index in [1.54, 1.807) is 0 Å². The molecule has 0 radical (unpaired) electrons. The van der Waals surface area contributed by atoms with Crippen molar-refractivity contribution in [2.45, 2.75) is 25.5 Å². The van der Waals surface area contributed by atoms with Crippen molar-refractivity contribution < 1.29 is 5.11 Å². The van der Waals surface area contributed by atoms with Crippen LogP contribution >= 0.6 is 0 Å². The van der Waals surface area contributed by atoms with Gasteiger partial charge in [-0.15, -0.1) is 0 Å². The van der Waals surface area contributed by atoms with E-state index >= 15 is 0 Å². The molecule has 1 aliphatic heterocycles. The van der Waals surface area contributed by atoms with Crippen LogP contribution in [0.2, 0.25) is 0 Å². The molecule has 23 heavy (non-hydrogen) atoms. The van der Waals surface area contributed by atoms with E-state index in [1.807, 2.05) is 26.0 Å². The van der Waals surface area contributed by atoms with Crippen LogP contribution < -0.4 is 5.32 Å². The molecule has 2 N–H and O–H groups in total. The minimum absolute atomic E-state index is 0.272. The molecule has 0 aliphatic carbocycles. The number of hydrogen-bond acceptors (Lipinski definition) is 3. The van der Waals surface area contributed by atoms with Crippen molar-refractivity contribution >= 4 is 0 Å². The van der Waals surface area contributed by atoms with E-state index in [-0.39, 0.29) is 6.04 Å². The van der Waals surface area contributed by atoms with Crippen LogP contribution in [0.4, 0.5) is 0 Å². The van der Waals surface area contributed by atoms with Crippen molar-refractivity contribution in [2.75, 3.05) is 26.2 Å². The zero-order valence-electron chi connectivity index (χ0n) is 14.0. The molecule has 2 aromatic rings. The first-order valence-electron chi connectivity index (χ1n) is 8.38. The first-order valence-corrected chi connectivity index (χ1v) is 8.38. The minimum Gasteiger partial charge on any atom is -0.386 e. The van der Waals surface area contributed by atoms with Gasteiger partial charge in [-0.3, -0.25) is 4.90 Å². The van der Waals surface area contributed by atoms with Gasteiger partial charge in [0.2, 0.25) is 0 Å². The molecule has 1 aliphatic rings. The van der Waals surface area contributed by atoms with Crippen LogP contribution in [-0.2, 0) is 5.60 Å². The number of benzene rings is 2. The van der Waals surface area contributed by atoms with Crippen LogP contribution in [0.15, 0.2) is 54.6 Å². The molecule has 0 spiro atoms. The lowest BCUT2D eigenvalue weighted by molar-refractivity contribution is 0.0785. The fourth-order valence-electron chi connectivity index (χ4n) is 3.26. The molecule has 2 aromatic carbocycles. The van der Waals surface area contributed by atoms with Crippen LogP contribution in [0.1, 0.15) is 36.6 Å². The average molecular weight is 310 g/mol. The second-order valence-electron chi connectivity index (χ2n) is 6.78. The second kappa shape index (κ2) is 6.83. The predicted molar refractivity (Wildman–Crippen MR) is 94.4 cm³/mol. The lowest BCUT2D eigenvalue weighted by Crippen LogP contribution is -2.45. The molecule has 1 heterocycles. The summed E-state index contributed by atoms with van der Waals surface area (Å²) in [5, 5.41) is 13.6. The summed E-state index contributed by atoms with van der Waals surface area (Å²) in [4.78, 5) is 2.53. The molecule has 3 nitrogen and oxygen atoms in total. The van der Waals surface area contributed by atoms with Crippen molar-refractivity contribution in [2.24, 2.45) is 0 Å². The Bertz CT molecular complexity index is 610. The number of hydrogen-bond donors (Lipinski definition) is 2. The van der Waals surface area contributed by atoms with Crippen LogP contribution in [0, 0.1) is 0 Å². The van der Waals surface area contributed by atoms with Crippen LogP contribution in [0.25, 0.3) is 0 Å². The third kappa shape index (κ3) is 3.81. The Morgan fingerprint density at radius 1 is 0.913 bits per heavy atom. The Labute approximate surface area is 139 Å². The van der Waals surface area contributed by atoms with Gasteiger partial charge in [0.1, 0.15) is 0 Å². The summed E-state index contributed by atoms with van der Waals surface area (Å²) >= 11 is 0. The van der Waals surface area contributed by atoms with E-state index in [0.29, 0.717) is 0 Å². The number of nitrogens with one attached hydrogen (secondary N) is 1. The Morgan fingerprint density at radius 2 is 1.48 bits per heavy atom. The van der Waals surface area contributed by atoms with Gasteiger partial charge in [-0.25, -0.2) is 0 Å². The Kier molecular flexibility index (Phi) is 4.81. The SMILES string of the molecule is CC(C)(O)c1ccc([C@@H](c2ccccc2)N2CCNCC2)cc1. The average Bonchev–Trinajstić information content (AvgIpc) is 2.57. The van der Waals surface area contributed by atoms with Gasteiger partial charge in [-0.1, -0.05) is 54.6 Å². The normalized spacial score (nSPS) is 17.9. The van der Waals surface area contributed by atoms with Crippen molar-refractivity contribution in [1.29, 1.82) is 0 Å². The summed E-state index contributed by atoms with van der Waals surface area (Å²) in [5.41, 5.74) is 2.76. The lowest BCUT2D eigenvalue weighted by Gasteiger charge is -2.35. The minimum atomic E-state index is -0.796. The first kappa shape index (κ1) is 16.2. The smallest absolute Gasteiger partial charge is 0.0840 e. The van der Waals surface area contributed by atoms with Crippen LogP contribution in [0.5, 0.6) is 0 Å². The maximum atomic E-state index is 10.2. The van der Waals surface area contributed by atoms with E-state index in [0.717, 1.165) is 31.7 Å². The number of aliphatic hydroxyl groups is 1. The van der Waals surface area contributed by atoms with Gasteiger partial charge in [0.05, 0.1) is 11.6 Å². The quantitative estimate of drug-likeness (QED) is 0.911. The third-order valence-corrected chi connectivity index (χ3v) is 4.56. The van der Waals surface area contributed by atoms with Crippen molar-refractivity contribution in [3.05, 3.63) is 71.3 Å². The second-order valence-corrected chi connectivity index (χ2v) is 6.78. The van der Waals surface area contributed by atoms with Gasteiger partial charge in [-0.05, 0) is 30.5 Å². The summed E-state index contributed by atoms with van der Waals surface area (Å²) in [7, 11) is 0. The maximum absolute atomic E-state index is 10.2. The van der Waals surface area contributed by atoms with Gasteiger partial charge in [-0.2, -0.15) is 0 Å². The maximum Gasteiger partial charge on any atom is 0.0840 e. The topological polar surface area (TPSA) is 35.5 Å². The Morgan fingerprint density at radius 3 is 2.04 bits per heavy atom. The molecule has 1 atom stereocenters. The molecule has 1 fully saturated rings. The molecule has 0 aromatic heterocycles. The number of piperazine rings is 1. The van der Waals surface area contributed by atoms with Gasteiger partial charge >= 0.3 is 0 Å². The van der Waals surface area contributed by atoms with E-state index in [9.17, 15) is 5.11 Å². The lowest BCUT2D eigenvalue weighted by atomic mass is 9.92. The highest BCUT2D eigenvalue weighted by atomic mass is 16.3. The third-order valence-electron chi connectivity index (χ3n) is 4.56. The summed E-state index contributed by atoms with van der Waals surface area (Å²) in [5.74, 6) is 0. The molecular weight excluding hydrogens is 284 g/mol. The van der Waals surface area contributed by atoms with Crippen molar-refractivity contribution in [1.82, 2.24) is 10.2 Å². The zero-order chi connectivity index (χ0) is 16.3. The first-order chi connectivity index (χ1) is 11.1. The Balaban J connectivity index is 1.94. The highest BCUT2D eigenvalue weighted by Crippen LogP contribution is 2.30. The highest BCUT2D eigenvalue weighted by molar-refractivity contribution is 5.35. The summed E-state index contributed by atoms with van der Waals surface area (Å²) in [6, 6.07) is 19.4. The van der Waals surface area contributed by atoms with Crippen molar-refractivity contribution in [3.8, 4) is 0 Å². The fraction of sp³-hybridized carbons (Fsp3) is 0.400. The molecular formula is C20H26N2O. The standard InChI is InChI=1S/C20H26N2O/c1-20(2,23)18-10-8-17(9-11-18)19(16-6-4-3-5-7-16)22-14-12-21-13-15-22/h3-11,19,21,23H,12-15H2,1-2H3/t19-/m1/s1. The van der Waals surface area contributed by atoms with Crippen molar-refractivity contribution in [3.63, 3.8) is 0 Å². The fourth-order valence-corrected chi connectivity index (χ4v) is 3.26. The van der Waals surface area contributed by atoms with E-state index in [1.165, 1.54) is 11.1 Å². The molecule has 3 rings (SSSR count). The molecule has 0 saturated carbocycles. The summed E-state index contributed by atoms with van der Waals surface area (Å²) in [6.45, 7) is 7.82.